The third-order valence-electron chi connectivity index (χ3n) is 3.99. The third kappa shape index (κ3) is 4.76. The fraction of sp³-hybridized carbons (Fsp3) is 0.0500. The normalized spacial score (nSPS) is 11.1. The summed E-state index contributed by atoms with van der Waals surface area (Å²) < 4.78 is 57.3. The van der Waals surface area contributed by atoms with E-state index in [-0.39, 0.29) is 11.3 Å². The molecule has 0 unspecified atom stereocenters. The summed E-state index contributed by atoms with van der Waals surface area (Å²) in [5, 5.41) is 0. The second kappa shape index (κ2) is 8.38. The highest BCUT2D eigenvalue weighted by Crippen LogP contribution is 2.22. The molecule has 3 aromatic carbocycles. The van der Waals surface area contributed by atoms with E-state index in [0.29, 0.717) is 11.1 Å². The van der Waals surface area contributed by atoms with Gasteiger partial charge in [-0.1, -0.05) is 30.3 Å². The zero-order valence-electron chi connectivity index (χ0n) is 15.1. The van der Waals surface area contributed by atoms with Crippen LogP contribution in [0.15, 0.2) is 71.6 Å². The summed E-state index contributed by atoms with van der Waals surface area (Å²) in [6.45, 7) is 0. The van der Waals surface area contributed by atoms with Crippen LogP contribution in [-0.4, -0.2) is 21.4 Å². The number of rotatable bonds is 6. The Labute approximate surface area is 166 Å². The van der Waals surface area contributed by atoms with Gasteiger partial charge < -0.3 is 4.74 Å². The van der Waals surface area contributed by atoms with Gasteiger partial charge in [0.15, 0.2) is 0 Å². The average Bonchev–Trinajstić information content (AvgIpc) is 2.72. The molecule has 0 heterocycles. The van der Waals surface area contributed by atoms with E-state index in [9.17, 15) is 22.0 Å². The molecule has 0 atom stereocenters. The predicted molar refractivity (Wildman–Crippen MR) is 103 cm³/mol. The molecule has 3 aromatic rings. The molecule has 0 saturated carbocycles. The predicted octanol–water partition coefficient (Wildman–Crippen LogP) is 3.26. The Balaban J connectivity index is 1.79. The second-order valence-corrected chi connectivity index (χ2v) is 7.60. The van der Waals surface area contributed by atoms with E-state index in [0.717, 1.165) is 18.2 Å². The van der Waals surface area contributed by atoms with E-state index >= 15 is 0 Å². The maximum atomic E-state index is 14.0. The van der Waals surface area contributed by atoms with Crippen molar-refractivity contribution in [1.82, 2.24) is 10.3 Å². The van der Waals surface area contributed by atoms with Crippen molar-refractivity contribution in [1.29, 1.82) is 0 Å². The van der Waals surface area contributed by atoms with Crippen LogP contribution in [0.3, 0.4) is 0 Å². The number of carbonyl (C=O) groups excluding carboxylic acids is 1. The molecule has 0 spiro atoms. The van der Waals surface area contributed by atoms with Crippen molar-refractivity contribution in [3.63, 3.8) is 0 Å². The number of carbonyl (C=O) groups is 1. The molecule has 0 aliphatic heterocycles. The molecule has 6 nitrogen and oxygen atoms in total. The molecule has 0 fully saturated rings. The van der Waals surface area contributed by atoms with Gasteiger partial charge >= 0.3 is 0 Å². The molecule has 3 rings (SSSR count). The number of nitrogens with one attached hydrogen (secondary N) is 2. The number of methoxy groups -OCH3 is 1. The summed E-state index contributed by atoms with van der Waals surface area (Å²) in [5.74, 6) is -2.48. The smallest absolute Gasteiger partial charge is 0.266 e. The van der Waals surface area contributed by atoms with Gasteiger partial charge in [-0.2, -0.15) is 0 Å². The molecule has 0 bridgehead atoms. The van der Waals surface area contributed by atoms with Gasteiger partial charge in [-0.3, -0.25) is 10.2 Å². The van der Waals surface area contributed by atoms with Crippen LogP contribution in [0, 0.1) is 11.6 Å². The molecule has 0 aliphatic rings. The van der Waals surface area contributed by atoms with Crippen molar-refractivity contribution in [3.05, 3.63) is 83.9 Å². The zero-order valence-corrected chi connectivity index (χ0v) is 16.0. The van der Waals surface area contributed by atoms with Gasteiger partial charge in [0, 0.05) is 11.6 Å². The Hall–Kier alpha value is -3.30. The van der Waals surface area contributed by atoms with Gasteiger partial charge in [-0.15, -0.1) is 4.83 Å². The number of sulfonamides is 1. The minimum Gasteiger partial charge on any atom is -0.497 e. The topological polar surface area (TPSA) is 84.5 Å². The number of hydrogen-bond donors (Lipinski definition) is 2. The van der Waals surface area contributed by atoms with E-state index in [1.165, 1.54) is 25.3 Å². The van der Waals surface area contributed by atoms with Crippen molar-refractivity contribution in [3.8, 4) is 16.9 Å². The lowest BCUT2D eigenvalue weighted by atomic mass is 10.0. The van der Waals surface area contributed by atoms with Crippen LogP contribution in [0.2, 0.25) is 0 Å². The van der Waals surface area contributed by atoms with Crippen LogP contribution < -0.4 is 15.0 Å². The monoisotopic (exact) mass is 418 g/mol. The molecule has 0 aliphatic carbocycles. The highest BCUT2D eigenvalue weighted by atomic mass is 32.2. The molecule has 1 amide bonds. The lowest BCUT2D eigenvalue weighted by Gasteiger charge is -2.11. The number of benzene rings is 3. The molecule has 9 heteroatoms. The molecule has 29 heavy (non-hydrogen) atoms. The van der Waals surface area contributed by atoms with Gasteiger partial charge in [0.05, 0.1) is 7.11 Å². The van der Waals surface area contributed by atoms with E-state index in [2.05, 4.69) is 0 Å². The van der Waals surface area contributed by atoms with Crippen molar-refractivity contribution in [2.24, 2.45) is 0 Å². The molecule has 150 valence electrons. The summed E-state index contributed by atoms with van der Waals surface area (Å²) in [7, 11) is -3.09. The van der Waals surface area contributed by atoms with Crippen molar-refractivity contribution < 1.29 is 26.7 Å². The Kier molecular flexibility index (Phi) is 5.90. The molecule has 0 aromatic heterocycles. The fourth-order valence-electron chi connectivity index (χ4n) is 2.59. The first-order valence-corrected chi connectivity index (χ1v) is 9.80. The SMILES string of the molecule is COc1ccc(S(=O)(=O)NNC(=O)c2cc(F)cc(-c3ccccc3)c2)c(F)c1. The van der Waals surface area contributed by atoms with Crippen LogP contribution in [0.1, 0.15) is 10.4 Å². The van der Waals surface area contributed by atoms with E-state index in [1.54, 1.807) is 35.2 Å². The van der Waals surface area contributed by atoms with E-state index < -0.39 is 32.5 Å². The Bertz CT molecular complexity index is 1150. The first-order chi connectivity index (χ1) is 13.8. The zero-order chi connectivity index (χ0) is 21.0. The van der Waals surface area contributed by atoms with Crippen LogP contribution in [0.5, 0.6) is 5.75 Å². The minimum absolute atomic E-state index is 0.109. The number of ether oxygens (including phenoxy) is 1. The quantitative estimate of drug-likeness (QED) is 0.602. The van der Waals surface area contributed by atoms with Crippen molar-refractivity contribution >= 4 is 15.9 Å². The van der Waals surface area contributed by atoms with Crippen molar-refractivity contribution in [2.45, 2.75) is 4.90 Å². The highest BCUT2D eigenvalue weighted by Gasteiger charge is 2.21. The van der Waals surface area contributed by atoms with Crippen molar-refractivity contribution in [2.75, 3.05) is 7.11 Å². The van der Waals surface area contributed by atoms with E-state index in [1.807, 2.05) is 5.43 Å². The third-order valence-corrected chi connectivity index (χ3v) is 5.28. The molecule has 2 N–H and O–H groups in total. The largest absolute Gasteiger partial charge is 0.497 e. The number of hydrogen-bond acceptors (Lipinski definition) is 4. The highest BCUT2D eigenvalue weighted by molar-refractivity contribution is 7.89. The van der Waals surface area contributed by atoms with E-state index in [4.69, 9.17) is 4.74 Å². The first kappa shape index (κ1) is 20.4. The average molecular weight is 418 g/mol. The maximum absolute atomic E-state index is 14.0. The lowest BCUT2D eigenvalue weighted by Crippen LogP contribution is -2.41. The molecular formula is C20H16F2N2O4S. The fourth-order valence-corrected chi connectivity index (χ4v) is 3.49. The van der Waals surface area contributed by atoms with Gasteiger partial charge in [0.2, 0.25) is 0 Å². The standard InChI is InChI=1S/C20H16F2N2O4S/c1-28-17-7-8-19(18(22)12-17)29(26,27)24-23-20(25)15-9-14(10-16(21)11-15)13-5-3-2-4-6-13/h2-12,24H,1H3,(H,23,25). The second-order valence-electron chi connectivity index (χ2n) is 5.95. The lowest BCUT2D eigenvalue weighted by molar-refractivity contribution is 0.0944. The summed E-state index contributed by atoms with van der Waals surface area (Å²) in [6.07, 6.45) is 0. The Morgan fingerprint density at radius 1 is 0.931 bits per heavy atom. The van der Waals surface area contributed by atoms with Crippen LogP contribution in [0.25, 0.3) is 11.1 Å². The van der Waals surface area contributed by atoms with Gasteiger partial charge in [-0.25, -0.2) is 17.2 Å². The Morgan fingerprint density at radius 3 is 2.31 bits per heavy atom. The van der Waals surface area contributed by atoms with Gasteiger partial charge in [-0.05, 0) is 41.5 Å². The van der Waals surface area contributed by atoms with Crippen LogP contribution >= 0.6 is 0 Å². The Morgan fingerprint density at radius 2 is 1.66 bits per heavy atom. The minimum atomic E-state index is -4.40. The number of hydrazine groups is 1. The molecule has 0 saturated heterocycles. The maximum Gasteiger partial charge on any atom is 0.266 e. The number of halogens is 2. The van der Waals surface area contributed by atoms with Crippen LogP contribution in [0.4, 0.5) is 8.78 Å². The van der Waals surface area contributed by atoms with Crippen LogP contribution in [-0.2, 0) is 10.0 Å². The van der Waals surface area contributed by atoms with Gasteiger partial charge in [0.25, 0.3) is 15.9 Å². The summed E-state index contributed by atoms with van der Waals surface area (Å²) in [6, 6.07) is 15.6. The molecular weight excluding hydrogens is 402 g/mol. The summed E-state index contributed by atoms with van der Waals surface area (Å²) in [4.78, 5) is 13.4. The summed E-state index contributed by atoms with van der Waals surface area (Å²) >= 11 is 0. The summed E-state index contributed by atoms with van der Waals surface area (Å²) in [5.41, 5.74) is 2.98. The van der Waals surface area contributed by atoms with Gasteiger partial charge in [0.1, 0.15) is 22.3 Å². The number of amides is 1. The first-order valence-electron chi connectivity index (χ1n) is 8.32. The molecule has 0 radical (unpaired) electrons.